The second-order valence-corrected chi connectivity index (χ2v) is 7.93. The number of fused-ring (bicyclic) bond motifs is 3. The maximum Gasteiger partial charge on any atom is 0.318 e. The normalized spacial score (nSPS) is 30.6. The summed E-state index contributed by atoms with van der Waals surface area (Å²) < 4.78 is 11.1. The van der Waals surface area contributed by atoms with Crippen molar-refractivity contribution in [1.29, 1.82) is 0 Å². The quantitative estimate of drug-likeness (QED) is 0.409. The van der Waals surface area contributed by atoms with Gasteiger partial charge in [-0.05, 0) is 50.5 Å². The standard InChI is InChI=1S/C23H26O5/c1-6-13(2)9-14(3)7-8-17-10-16-11-19(25)23(5)21(18(16)12-27-17)20(15(4)24)22(26)28-23/h7-13,20-21H,6H2,1-5H3/b8-7+,14-9+. The molecule has 1 saturated heterocycles. The molecule has 5 nitrogen and oxygen atoms in total. The first kappa shape index (κ1) is 20.1. The summed E-state index contributed by atoms with van der Waals surface area (Å²) in [6.45, 7) is 9.25. The number of carbonyl (C=O) groups excluding carboxylic acids is 3. The van der Waals surface area contributed by atoms with E-state index < -0.39 is 23.4 Å². The van der Waals surface area contributed by atoms with E-state index in [1.165, 1.54) is 19.3 Å². The van der Waals surface area contributed by atoms with Gasteiger partial charge in [-0.15, -0.1) is 0 Å². The lowest BCUT2D eigenvalue weighted by atomic mass is 9.68. The molecular formula is C23H26O5. The summed E-state index contributed by atoms with van der Waals surface area (Å²) in [5.74, 6) is -1.84. The molecule has 2 heterocycles. The molecule has 0 spiro atoms. The highest BCUT2D eigenvalue weighted by molar-refractivity contribution is 6.09. The zero-order valence-corrected chi connectivity index (χ0v) is 16.9. The molecule has 0 aromatic heterocycles. The van der Waals surface area contributed by atoms with Gasteiger partial charge < -0.3 is 9.47 Å². The molecule has 0 aromatic rings. The molecule has 2 aliphatic heterocycles. The Balaban J connectivity index is 1.91. The molecule has 4 unspecified atom stereocenters. The van der Waals surface area contributed by atoms with E-state index in [2.05, 4.69) is 19.9 Å². The van der Waals surface area contributed by atoms with Crippen LogP contribution in [-0.4, -0.2) is 23.1 Å². The van der Waals surface area contributed by atoms with Crippen LogP contribution in [0.15, 0.2) is 59.1 Å². The monoisotopic (exact) mass is 382 g/mol. The number of allylic oxidation sites excluding steroid dienone is 6. The number of rotatable bonds is 5. The van der Waals surface area contributed by atoms with Crippen LogP contribution in [-0.2, 0) is 23.9 Å². The largest absolute Gasteiger partial charge is 0.465 e. The average molecular weight is 382 g/mol. The molecule has 0 amide bonds. The molecule has 3 aliphatic rings. The number of carbonyl (C=O) groups is 3. The van der Waals surface area contributed by atoms with Crippen LogP contribution < -0.4 is 0 Å². The number of ether oxygens (including phenoxy) is 2. The lowest BCUT2D eigenvalue weighted by Gasteiger charge is -2.35. The summed E-state index contributed by atoms with van der Waals surface area (Å²) in [7, 11) is 0. The van der Waals surface area contributed by atoms with Crippen LogP contribution in [0.4, 0.5) is 0 Å². The maximum atomic E-state index is 12.7. The van der Waals surface area contributed by atoms with E-state index in [4.69, 9.17) is 9.47 Å². The van der Waals surface area contributed by atoms with Gasteiger partial charge in [-0.2, -0.15) is 0 Å². The minimum atomic E-state index is -1.36. The maximum absolute atomic E-state index is 12.7. The van der Waals surface area contributed by atoms with Crippen molar-refractivity contribution in [3.05, 3.63) is 59.1 Å². The van der Waals surface area contributed by atoms with Gasteiger partial charge in [0.25, 0.3) is 0 Å². The predicted molar refractivity (Wildman–Crippen MR) is 105 cm³/mol. The van der Waals surface area contributed by atoms with Gasteiger partial charge in [0, 0.05) is 5.57 Å². The summed E-state index contributed by atoms with van der Waals surface area (Å²) >= 11 is 0. The lowest BCUT2D eigenvalue weighted by Crippen LogP contribution is -2.46. The zero-order valence-electron chi connectivity index (χ0n) is 16.9. The smallest absolute Gasteiger partial charge is 0.318 e. The molecule has 0 N–H and O–H groups in total. The van der Waals surface area contributed by atoms with E-state index in [1.54, 1.807) is 13.0 Å². The van der Waals surface area contributed by atoms with Crippen molar-refractivity contribution in [3.8, 4) is 0 Å². The molecular weight excluding hydrogens is 356 g/mol. The molecule has 0 saturated carbocycles. The van der Waals surface area contributed by atoms with E-state index >= 15 is 0 Å². The zero-order chi connectivity index (χ0) is 20.6. The Bertz CT molecular complexity index is 883. The SMILES string of the molecule is CCC(C)/C=C(C)/C=C/C1=CC2=CC(=O)C3(C)OC(=O)C(C(C)=O)C3C2=CO1. The lowest BCUT2D eigenvalue weighted by molar-refractivity contribution is -0.156. The Hall–Kier alpha value is -2.69. The van der Waals surface area contributed by atoms with Crippen molar-refractivity contribution in [2.24, 2.45) is 17.8 Å². The third-order valence-electron chi connectivity index (χ3n) is 5.70. The van der Waals surface area contributed by atoms with E-state index in [-0.39, 0.29) is 11.6 Å². The second-order valence-electron chi connectivity index (χ2n) is 7.93. The Morgan fingerprint density at radius 2 is 2.00 bits per heavy atom. The summed E-state index contributed by atoms with van der Waals surface area (Å²) in [4.78, 5) is 37.0. The van der Waals surface area contributed by atoms with Crippen LogP contribution in [0.2, 0.25) is 0 Å². The van der Waals surface area contributed by atoms with Crippen molar-refractivity contribution >= 4 is 17.5 Å². The van der Waals surface area contributed by atoms with E-state index in [0.717, 1.165) is 12.0 Å². The fourth-order valence-corrected chi connectivity index (χ4v) is 3.93. The van der Waals surface area contributed by atoms with E-state index in [9.17, 15) is 14.4 Å². The second kappa shape index (κ2) is 7.38. The Morgan fingerprint density at radius 3 is 2.64 bits per heavy atom. The van der Waals surface area contributed by atoms with Gasteiger partial charge in [0.05, 0.1) is 12.2 Å². The van der Waals surface area contributed by atoms with Crippen molar-refractivity contribution in [2.45, 2.75) is 46.6 Å². The molecule has 0 radical (unpaired) electrons. The minimum Gasteiger partial charge on any atom is -0.465 e. The Morgan fingerprint density at radius 1 is 1.29 bits per heavy atom. The van der Waals surface area contributed by atoms with Gasteiger partial charge in [-0.25, -0.2) is 0 Å². The number of esters is 1. The highest BCUT2D eigenvalue weighted by Crippen LogP contribution is 2.49. The summed E-state index contributed by atoms with van der Waals surface area (Å²) in [5, 5.41) is 0. The van der Waals surface area contributed by atoms with Crippen LogP contribution in [0.3, 0.4) is 0 Å². The third-order valence-corrected chi connectivity index (χ3v) is 5.70. The van der Waals surface area contributed by atoms with Crippen LogP contribution in [0.5, 0.6) is 0 Å². The highest BCUT2D eigenvalue weighted by Gasteiger charge is 2.61. The van der Waals surface area contributed by atoms with Crippen LogP contribution in [0, 0.1) is 17.8 Å². The van der Waals surface area contributed by atoms with Crippen LogP contribution in [0.1, 0.15) is 41.0 Å². The summed E-state index contributed by atoms with van der Waals surface area (Å²) in [6.07, 6.45) is 11.8. The first-order chi connectivity index (χ1) is 13.2. The molecule has 0 aromatic carbocycles. The summed E-state index contributed by atoms with van der Waals surface area (Å²) in [5.41, 5.74) is 1.08. The molecule has 1 fully saturated rings. The van der Waals surface area contributed by atoms with Crippen LogP contribution >= 0.6 is 0 Å². The van der Waals surface area contributed by atoms with Gasteiger partial charge in [-0.3, -0.25) is 14.4 Å². The van der Waals surface area contributed by atoms with E-state index in [1.807, 2.05) is 19.1 Å². The highest BCUT2D eigenvalue weighted by atomic mass is 16.6. The first-order valence-electron chi connectivity index (χ1n) is 9.62. The number of Topliss-reactive ketones (excluding diaryl/α,β-unsaturated/α-hetero) is 1. The van der Waals surface area contributed by atoms with E-state index in [0.29, 0.717) is 22.8 Å². The average Bonchev–Trinajstić information content (AvgIpc) is 2.92. The number of hydrogen-bond acceptors (Lipinski definition) is 5. The van der Waals surface area contributed by atoms with Crippen molar-refractivity contribution < 1.29 is 23.9 Å². The van der Waals surface area contributed by atoms with Gasteiger partial charge >= 0.3 is 5.97 Å². The first-order valence-corrected chi connectivity index (χ1v) is 9.62. The number of ketones is 2. The predicted octanol–water partition coefficient (Wildman–Crippen LogP) is 3.98. The third kappa shape index (κ3) is 3.41. The van der Waals surface area contributed by atoms with Gasteiger partial charge in [0.15, 0.2) is 11.4 Å². The molecule has 28 heavy (non-hydrogen) atoms. The summed E-state index contributed by atoms with van der Waals surface area (Å²) in [6, 6.07) is 0. The van der Waals surface area contributed by atoms with Crippen molar-refractivity contribution in [1.82, 2.24) is 0 Å². The molecule has 4 atom stereocenters. The molecule has 148 valence electrons. The van der Waals surface area contributed by atoms with Gasteiger partial charge in [0.1, 0.15) is 17.5 Å². The minimum absolute atomic E-state index is 0.309. The van der Waals surface area contributed by atoms with Gasteiger partial charge in [-0.1, -0.05) is 38.0 Å². The number of hydrogen-bond donors (Lipinski definition) is 0. The van der Waals surface area contributed by atoms with Gasteiger partial charge in [0.2, 0.25) is 0 Å². The van der Waals surface area contributed by atoms with Crippen molar-refractivity contribution in [2.75, 3.05) is 0 Å². The Kier molecular flexibility index (Phi) is 5.28. The van der Waals surface area contributed by atoms with Crippen LogP contribution in [0.25, 0.3) is 0 Å². The molecule has 5 heteroatoms. The fraction of sp³-hybridized carbons (Fsp3) is 0.435. The fourth-order valence-electron chi connectivity index (χ4n) is 3.93. The van der Waals surface area contributed by atoms with Crippen molar-refractivity contribution in [3.63, 3.8) is 0 Å². The molecule has 1 aliphatic carbocycles. The topological polar surface area (TPSA) is 69.7 Å². The molecule has 0 bridgehead atoms. The Labute approximate surface area is 165 Å². The molecule has 3 rings (SSSR count).